The number of thiophene rings is 1. The number of hydrogen-bond donors (Lipinski definition) is 0. The Hall–Kier alpha value is -1.76. The van der Waals surface area contributed by atoms with Gasteiger partial charge in [0.05, 0.1) is 11.5 Å². The lowest BCUT2D eigenvalue weighted by atomic mass is 9.72. The second kappa shape index (κ2) is 7.10. The van der Waals surface area contributed by atoms with Gasteiger partial charge in [0.25, 0.3) is 5.56 Å². The molecule has 0 saturated heterocycles. The van der Waals surface area contributed by atoms with E-state index in [-0.39, 0.29) is 23.6 Å². The number of carbonyl (C=O) groups is 1. The molecule has 142 valence electrons. The Labute approximate surface area is 157 Å². The van der Waals surface area contributed by atoms with Gasteiger partial charge in [-0.25, -0.2) is 0 Å². The number of aryl methyl sites for hydroxylation is 1. The van der Waals surface area contributed by atoms with Crippen molar-refractivity contribution in [2.75, 3.05) is 0 Å². The maximum Gasteiger partial charge on any atom is 0.328 e. The van der Waals surface area contributed by atoms with Gasteiger partial charge in [0.2, 0.25) is 0 Å². The number of nitrogens with zero attached hydrogens (tertiary/aromatic N) is 3. The van der Waals surface area contributed by atoms with Crippen molar-refractivity contribution in [3.05, 3.63) is 20.8 Å². The van der Waals surface area contributed by atoms with Crippen LogP contribution in [0.25, 0.3) is 10.2 Å². The lowest BCUT2D eigenvalue weighted by Crippen LogP contribution is -2.30. The first-order valence-corrected chi connectivity index (χ1v) is 10.1. The fraction of sp³-hybridized carbons (Fsp3) is 0.684. The van der Waals surface area contributed by atoms with E-state index in [0.29, 0.717) is 16.1 Å². The molecule has 26 heavy (non-hydrogen) atoms. The summed E-state index contributed by atoms with van der Waals surface area (Å²) in [5.41, 5.74) is 1.12. The van der Waals surface area contributed by atoms with E-state index in [9.17, 15) is 9.59 Å². The first-order chi connectivity index (χ1) is 12.2. The van der Waals surface area contributed by atoms with Gasteiger partial charge in [-0.1, -0.05) is 32.9 Å². The van der Waals surface area contributed by atoms with E-state index in [1.807, 2.05) is 13.8 Å². The smallest absolute Gasteiger partial charge is 0.328 e. The van der Waals surface area contributed by atoms with E-state index in [1.54, 1.807) is 11.3 Å². The minimum absolute atomic E-state index is 0.168. The Bertz CT molecular complexity index is 879. The molecule has 0 amide bonds. The largest absolute Gasteiger partial charge is 0.461 e. The summed E-state index contributed by atoms with van der Waals surface area (Å²) in [6.07, 6.45) is 3.50. The van der Waals surface area contributed by atoms with E-state index in [2.05, 4.69) is 31.1 Å². The second-order valence-electron chi connectivity index (χ2n) is 8.25. The molecule has 2 aromatic rings. The predicted molar refractivity (Wildman–Crippen MR) is 102 cm³/mol. The molecule has 0 saturated carbocycles. The Kier molecular flexibility index (Phi) is 5.19. The van der Waals surface area contributed by atoms with Crippen LogP contribution in [0.4, 0.5) is 0 Å². The minimum atomic E-state index is -0.452. The zero-order valence-corrected chi connectivity index (χ0v) is 17.0. The highest BCUT2D eigenvalue weighted by molar-refractivity contribution is 7.18. The Morgan fingerprint density at radius 1 is 1.42 bits per heavy atom. The number of rotatable bonds is 4. The van der Waals surface area contributed by atoms with Gasteiger partial charge in [-0.3, -0.25) is 9.59 Å². The first-order valence-electron chi connectivity index (χ1n) is 9.28. The summed E-state index contributed by atoms with van der Waals surface area (Å²) in [7, 11) is 0. The van der Waals surface area contributed by atoms with Crippen LogP contribution in [-0.2, 0) is 28.9 Å². The van der Waals surface area contributed by atoms with Crippen LogP contribution in [0.5, 0.6) is 0 Å². The molecule has 1 aliphatic rings. The molecule has 0 unspecified atom stereocenters. The quantitative estimate of drug-likeness (QED) is 0.764. The summed E-state index contributed by atoms with van der Waals surface area (Å²) in [6.45, 7) is 10.4. The summed E-state index contributed by atoms with van der Waals surface area (Å²) in [6, 6.07) is 0. The molecule has 2 aromatic heterocycles. The molecule has 0 aliphatic heterocycles. The third-order valence-corrected chi connectivity index (χ3v) is 6.49. The number of hydrogen-bond acceptors (Lipinski definition) is 6. The molecule has 0 aromatic carbocycles. The zero-order valence-electron chi connectivity index (χ0n) is 16.2. The highest BCUT2D eigenvalue weighted by atomic mass is 32.1. The first kappa shape index (κ1) is 19.0. The molecule has 0 bridgehead atoms. The van der Waals surface area contributed by atoms with Gasteiger partial charge in [0.1, 0.15) is 6.54 Å². The Morgan fingerprint density at radius 3 is 2.81 bits per heavy atom. The van der Waals surface area contributed by atoms with Crippen molar-refractivity contribution in [3.8, 4) is 0 Å². The minimum Gasteiger partial charge on any atom is -0.461 e. The number of aromatic nitrogens is 3. The maximum atomic E-state index is 12.9. The van der Waals surface area contributed by atoms with E-state index < -0.39 is 5.97 Å². The highest BCUT2D eigenvalue weighted by Gasteiger charge is 2.32. The molecular weight excluding hydrogens is 350 g/mol. The van der Waals surface area contributed by atoms with Crippen molar-refractivity contribution in [1.82, 2.24) is 15.0 Å². The van der Waals surface area contributed by atoms with E-state index >= 15 is 0 Å². The molecule has 0 radical (unpaired) electrons. The SMILES string of the molecule is CC[C@H](C)OC(=O)Cn1nnc2sc3c(c2c1=O)CC[C@H](C(C)(C)C)C3. The van der Waals surface area contributed by atoms with Gasteiger partial charge in [0, 0.05) is 4.88 Å². The second-order valence-corrected chi connectivity index (χ2v) is 9.33. The Balaban J connectivity index is 1.91. The lowest BCUT2D eigenvalue weighted by Gasteiger charge is -2.33. The van der Waals surface area contributed by atoms with Crippen molar-refractivity contribution in [3.63, 3.8) is 0 Å². The fourth-order valence-corrected chi connectivity index (χ4v) is 4.67. The van der Waals surface area contributed by atoms with Crippen LogP contribution in [0.2, 0.25) is 0 Å². The topological polar surface area (TPSA) is 74.1 Å². The Morgan fingerprint density at radius 2 is 2.15 bits per heavy atom. The molecule has 2 heterocycles. The van der Waals surface area contributed by atoms with Crippen molar-refractivity contribution in [2.45, 2.75) is 73.0 Å². The van der Waals surface area contributed by atoms with Gasteiger partial charge in [-0.05, 0) is 49.5 Å². The average Bonchev–Trinajstić information content (AvgIpc) is 2.94. The predicted octanol–water partition coefficient (Wildman–Crippen LogP) is 3.35. The molecule has 2 atom stereocenters. The van der Waals surface area contributed by atoms with Crippen LogP contribution in [0.1, 0.15) is 57.9 Å². The van der Waals surface area contributed by atoms with Gasteiger partial charge in [0.15, 0.2) is 4.83 Å². The maximum absolute atomic E-state index is 12.9. The molecule has 7 heteroatoms. The summed E-state index contributed by atoms with van der Waals surface area (Å²) in [4.78, 5) is 26.8. The highest BCUT2D eigenvalue weighted by Crippen LogP contribution is 2.41. The van der Waals surface area contributed by atoms with Crippen LogP contribution in [0.3, 0.4) is 0 Å². The third-order valence-electron chi connectivity index (χ3n) is 5.35. The lowest BCUT2D eigenvalue weighted by molar-refractivity contribution is -0.149. The summed E-state index contributed by atoms with van der Waals surface area (Å²) in [5.74, 6) is 0.149. The molecule has 0 N–H and O–H groups in total. The van der Waals surface area contributed by atoms with Crippen LogP contribution in [-0.4, -0.2) is 27.1 Å². The summed E-state index contributed by atoms with van der Waals surface area (Å²) >= 11 is 1.57. The number of esters is 1. The van der Waals surface area contributed by atoms with Crippen LogP contribution in [0.15, 0.2) is 4.79 Å². The normalized spacial score (nSPS) is 18.6. The summed E-state index contributed by atoms with van der Waals surface area (Å²) in [5, 5.41) is 8.81. The standard InChI is InChI=1S/C19H27N3O3S/c1-6-11(2)25-15(23)10-22-18(24)16-13-8-7-12(19(3,4)5)9-14(13)26-17(16)20-21-22/h11-12H,6-10H2,1-5H3/t11-,12-/m0/s1. The third kappa shape index (κ3) is 3.68. The zero-order chi connectivity index (χ0) is 19.1. The average molecular weight is 378 g/mol. The van der Waals surface area contributed by atoms with Crippen molar-refractivity contribution < 1.29 is 9.53 Å². The molecule has 6 nitrogen and oxygen atoms in total. The van der Waals surface area contributed by atoms with Gasteiger partial charge >= 0.3 is 5.97 Å². The van der Waals surface area contributed by atoms with Crippen molar-refractivity contribution in [2.24, 2.45) is 11.3 Å². The van der Waals surface area contributed by atoms with Gasteiger partial charge in [-0.2, -0.15) is 4.68 Å². The van der Waals surface area contributed by atoms with Crippen molar-refractivity contribution in [1.29, 1.82) is 0 Å². The molecular formula is C19H27N3O3S. The molecule has 0 spiro atoms. The van der Waals surface area contributed by atoms with Crippen LogP contribution in [0, 0.1) is 11.3 Å². The van der Waals surface area contributed by atoms with E-state index in [1.165, 1.54) is 4.88 Å². The van der Waals surface area contributed by atoms with E-state index in [4.69, 9.17) is 4.74 Å². The van der Waals surface area contributed by atoms with Crippen LogP contribution >= 0.6 is 11.3 Å². The van der Waals surface area contributed by atoms with Gasteiger partial charge in [-0.15, -0.1) is 16.4 Å². The molecule has 0 fully saturated rings. The summed E-state index contributed by atoms with van der Waals surface area (Å²) < 4.78 is 6.39. The van der Waals surface area contributed by atoms with E-state index in [0.717, 1.165) is 35.9 Å². The number of fused-ring (bicyclic) bond motifs is 3. The van der Waals surface area contributed by atoms with Crippen LogP contribution < -0.4 is 5.56 Å². The monoisotopic (exact) mass is 377 g/mol. The number of ether oxygens (including phenoxy) is 1. The molecule has 3 rings (SSSR count). The number of carbonyl (C=O) groups excluding carboxylic acids is 1. The van der Waals surface area contributed by atoms with Crippen molar-refractivity contribution >= 4 is 27.5 Å². The fourth-order valence-electron chi connectivity index (χ4n) is 3.44. The van der Waals surface area contributed by atoms with Gasteiger partial charge < -0.3 is 4.74 Å². The molecule has 1 aliphatic carbocycles.